The van der Waals surface area contributed by atoms with Crippen LogP contribution in [0, 0.1) is 0 Å². The molecule has 3 N–H and O–H groups in total. The van der Waals surface area contributed by atoms with E-state index in [0.29, 0.717) is 28.6 Å². The van der Waals surface area contributed by atoms with Gasteiger partial charge in [-0.3, -0.25) is 4.79 Å². The van der Waals surface area contributed by atoms with Crippen LogP contribution in [0.3, 0.4) is 0 Å². The lowest BCUT2D eigenvalue weighted by molar-refractivity contribution is -0.139. The molecule has 4 aromatic rings. The van der Waals surface area contributed by atoms with Crippen molar-refractivity contribution in [3.8, 4) is 5.75 Å². The average Bonchev–Trinajstić information content (AvgIpc) is 3.01. The number of carboxylic acid groups (broad SMARTS) is 1. The summed E-state index contributed by atoms with van der Waals surface area (Å²) in [5.41, 5.74) is 8.77. The number of primary amides is 1. The van der Waals surface area contributed by atoms with E-state index in [4.69, 9.17) is 15.6 Å². The summed E-state index contributed by atoms with van der Waals surface area (Å²) in [5, 5.41) is 10.4. The van der Waals surface area contributed by atoms with Gasteiger partial charge in [-0.25, -0.2) is 4.79 Å². The van der Waals surface area contributed by atoms with E-state index in [9.17, 15) is 9.59 Å². The molecule has 28 heavy (non-hydrogen) atoms. The number of ether oxygens (including phenoxy) is 1. The second-order valence-electron chi connectivity index (χ2n) is 6.47. The molecule has 6 heteroatoms. The van der Waals surface area contributed by atoms with Crippen LogP contribution in [0.2, 0.25) is 0 Å². The first-order chi connectivity index (χ1) is 13.6. The van der Waals surface area contributed by atoms with E-state index >= 15 is 0 Å². The molecule has 6 nitrogen and oxygen atoms in total. The number of aliphatic carboxylic acids is 1. The van der Waals surface area contributed by atoms with E-state index in [1.54, 1.807) is 18.2 Å². The largest absolute Gasteiger partial charge is 0.481 e. The minimum Gasteiger partial charge on any atom is -0.481 e. The number of hydrogen-bond acceptors (Lipinski definition) is 3. The molecule has 0 spiro atoms. The van der Waals surface area contributed by atoms with Gasteiger partial charge in [-0.05, 0) is 29.8 Å². The van der Waals surface area contributed by atoms with Crippen molar-refractivity contribution in [1.29, 1.82) is 0 Å². The van der Waals surface area contributed by atoms with Gasteiger partial charge < -0.3 is 20.1 Å². The maximum atomic E-state index is 12.1. The topological polar surface area (TPSA) is 94.6 Å². The highest BCUT2D eigenvalue weighted by molar-refractivity contribution is 6.19. The minimum absolute atomic E-state index is 0.376. The molecular formula is C22H18N2O4. The SMILES string of the molecule is NC(=O)c1cccc2c1c1c(OCC(=O)O)cccc1n2Cc1ccccc1. The summed E-state index contributed by atoms with van der Waals surface area (Å²) < 4.78 is 7.61. The normalized spacial score (nSPS) is 11.0. The van der Waals surface area contributed by atoms with Crippen molar-refractivity contribution in [3.63, 3.8) is 0 Å². The van der Waals surface area contributed by atoms with Gasteiger partial charge in [0.1, 0.15) is 5.75 Å². The third kappa shape index (κ3) is 3.05. The van der Waals surface area contributed by atoms with Gasteiger partial charge in [0, 0.05) is 17.5 Å². The van der Waals surface area contributed by atoms with E-state index in [1.165, 1.54) is 0 Å². The van der Waals surface area contributed by atoms with Crippen LogP contribution >= 0.6 is 0 Å². The molecule has 3 aromatic carbocycles. The van der Waals surface area contributed by atoms with E-state index in [-0.39, 0.29) is 0 Å². The molecular weight excluding hydrogens is 356 g/mol. The Bertz CT molecular complexity index is 1200. The zero-order chi connectivity index (χ0) is 19.7. The van der Waals surface area contributed by atoms with Crippen LogP contribution in [-0.4, -0.2) is 28.2 Å². The van der Waals surface area contributed by atoms with Gasteiger partial charge in [-0.2, -0.15) is 0 Å². The zero-order valence-electron chi connectivity index (χ0n) is 15.0. The first-order valence-electron chi connectivity index (χ1n) is 8.78. The summed E-state index contributed by atoms with van der Waals surface area (Å²) in [6.45, 7) is 0.120. The highest BCUT2D eigenvalue weighted by Crippen LogP contribution is 2.38. The van der Waals surface area contributed by atoms with E-state index < -0.39 is 18.5 Å². The van der Waals surface area contributed by atoms with Crippen LogP contribution in [0.4, 0.5) is 0 Å². The smallest absolute Gasteiger partial charge is 0.341 e. The van der Waals surface area contributed by atoms with Crippen molar-refractivity contribution in [1.82, 2.24) is 4.57 Å². The van der Waals surface area contributed by atoms with E-state index in [0.717, 1.165) is 16.6 Å². The number of aromatic nitrogens is 1. The number of hydrogen-bond donors (Lipinski definition) is 2. The first-order valence-corrected chi connectivity index (χ1v) is 8.78. The van der Waals surface area contributed by atoms with Crippen LogP contribution in [0.5, 0.6) is 5.75 Å². The summed E-state index contributed by atoms with van der Waals surface area (Å²) in [5.74, 6) is -1.21. The lowest BCUT2D eigenvalue weighted by atomic mass is 10.1. The Labute approximate surface area is 160 Å². The number of carbonyl (C=O) groups excluding carboxylic acids is 1. The quantitative estimate of drug-likeness (QED) is 0.541. The van der Waals surface area contributed by atoms with Crippen molar-refractivity contribution in [2.45, 2.75) is 6.54 Å². The van der Waals surface area contributed by atoms with E-state index in [1.807, 2.05) is 48.5 Å². The number of benzene rings is 3. The molecule has 0 unspecified atom stereocenters. The fourth-order valence-electron chi connectivity index (χ4n) is 3.55. The number of carboxylic acids is 1. The van der Waals surface area contributed by atoms with Crippen molar-refractivity contribution in [2.75, 3.05) is 6.61 Å². The van der Waals surface area contributed by atoms with Crippen LogP contribution in [0.25, 0.3) is 21.8 Å². The van der Waals surface area contributed by atoms with E-state index in [2.05, 4.69) is 4.57 Å². The number of nitrogens with zero attached hydrogens (tertiary/aromatic N) is 1. The molecule has 0 saturated heterocycles. The molecule has 0 bridgehead atoms. The molecule has 1 amide bonds. The fraction of sp³-hybridized carbons (Fsp3) is 0.0909. The summed E-state index contributed by atoms with van der Waals surface area (Å²) in [4.78, 5) is 23.1. The molecule has 4 rings (SSSR count). The third-order valence-electron chi connectivity index (χ3n) is 4.68. The molecule has 1 heterocycles. The van der Waals surface area contributed by atoms with Gasteiger partial charge in [0.15, 0.2) is 6.61 Å². The first kappa shape index (κ1) is 17.6. The molecule has 0 aliphatic rings. The Balaban J connectivity index is 2.03. The highest BCUT2D eigenvalue weighted by Gasteiger charge is 2.20. The van der Waals surface area contributed by atoms with Crippen molar-refractivity contribution >= 4 is 33.7 Å². The monoisotopic (exact) mass is 374 g/mol. The van der Waals surface area contributed by atoms with Gasteiger partial charge in [0.05, 0.1) is 16.4 Å². The third-order valence-corrected chi connectivity index (χ3v) is 4.68. The van der Waals surface area contributed by atoms with Gasteiger partial charge in [0.25, 0.3) is 0 Å². The van der Waals surface area contributed by atoms with Crippen LogP contribution in [0.15, 0.2) is 66.7 Å². The summed E-state index contributed by atoms with van der Waals surface area (Å²) in [6, 6.07) is 20.8. The molecule has 0 fully saturated rings. The van der Waals surface area contributed by atoms with Gasteiger partial charge >= 0.3 is 5.97 Å². The summed E-state index contributed by atoms with van der Waals surface area (Å²) >= 11 is 0. The maximum Gasteiger partial charge on any atom is 0.341 e. The fourth-order valence-corrected chi connectivity index (χ4v) is 3.55. The number of amides is 1. The van der Waals surface area contributed by atoms with Crippen molar-refractivity contribution in [2.24, 2.45) is 5.73 Å². The minimum atomic E-state index is -1.07. The Hall–Kier alpha value is -3.80. The maximum absolute atomic E-state index is 12.1. The van der Waals surface area contributed by atoms with Gasteiger partial charge in [0.2, 0.25) is 5.91 Å². The molecule has 0 aliphatic carbocycles. The molecule has 0 saturated carbocycles. The number of carbonyl (C=O) groups is 2. The lowest BCUT2D eigenvalue weighted by Gasteiger charge is -2.09. The summed E-state index contributed by atoms with van der Waals surface area (Å²) in [7, 11) is 0. The van der Waals surface area contributed by atoms with Gasteiger partial charge in [-0.1, -0.05) is 42.5 Å². The van der Waals surface area contributed by atoms with Crippen LogP contribution < -0.4 is 10.5 Å². The predicted octanol–water partition coefficient (Wildman–Crippen LogP) is 3.41. The Morgan fingerprint density at radius 3 is 2.25 bits per heavy atom. The lowest BCUT2D eigenvalue weighted by Crippen LogP contribution is -2.11. The number of nitrogens with two attached hydrogens (primary N) is 1. The van der Waals surface area contributed by atoms with Gasteiger partial charge in [-0.15, -0.1) is 0 Å². The second-order valence-corrected chi connectivity index (χ2v) is 6.47. The van der Waals surface area contributed by atoms with Crippen molar-refractivity contribution in [3.05, 3.63) is 77.9 Å². The molecule has 0 radical (unpaired) electrons. The molecule has 0 aliphatic heterocycles. The molecule has 140 valence electrons. The van der Waals surface area contributed by atoms with Crippen LogP contribution in [-0.2, 0) is 11.3 Å². The average molecular weight is 374 g/mol. The second kappa shape index (κ2) is 7.08. The Morgan fingerprint density at radius 1 is 0.893 bits per heavy atom. The predicted molar refractivity (Wildman–Crippen MR) is 107 cm³/mol. The van der Waals surface area contributed by atoms with Crippen LogP contribution in [0.1, 0.15) is 15.9 Å². The molecule has 1 aromatic heterocycles. The number of fused-ring (bicyclic) bond motifs is 3. The molecule has 0 atom stereocenters. The van der Waals surface area contributed by atoms with Crippen molar-refractivity contribution < 1.29 is 19.4 Å². The summed E-state index contributed by atoms with van der Waals surface area (Å²) in [6.07, 6.45) is 0. The zero-order valence-corrected chi connectivity index (χ0v) is 15.0. The number of rotatable bonds is 6. The highest BCUT2D eigenvalue weighted by atomic mass is 16.5. The Morgan fingerprint density at radius 2 is 1.57 bits per heavy atom. The Kier molecular flexibility index (Phi) is 4.45. The standard InChI is InChI=1S/C22H18N2O4/c23-22(27)15-8-4-9-16-20(15)21-17(10-5-11-18(21)28-13-19(25)26)24(16)12-14-6-2-1-3-7-14/h1-11H,12-13H2,(H2,23,27)(H,25,26).